The molecule has 2 N–H and O–H groups in total. The standard InChI is InChI=1S/C9H11BrClN3/c10-6-3-8(11)9(13-4-6)14-7-1-2-12-5-7/h3-4,7,12H,1-2,5H2,(H,13,14). The maximum atomic E-state index is 6.03. The Labute approximate surface area is 96.4 Å². The Morgan fingerprint density at radius 1 is 1.64 bits per heavy atom. The zero-order valence-electron chi connectivity index (χ0n) is 7.56. The van der Waals surface area contributed by atoms with Gasteiger partial charge < -0.3 is 10.6 Å². The van der Waals surface area contributed by atoms with E-state index in [1.54, 1.807) is 6.20 Å². The van der Waals surface area contributed by atoms with E-state index < -0.39 is 0 Å². The van der Waals surface area contributed by atoms with Crippen LogP contribution >= 0.6 is 27.5 Å². The largest absolute Gasteiger partial charge is 0.365 e. The van der Waals surface area contributed by atoms with Crippen LogP contribution in [0.5, 0.6) is 0 Å². The van der Waals surface area contributed by atoms with Gasteiger partial charge in [0.15, 0.2) is 0 Å². The molecule has 0 bridgehead atoms. The molecule has 2 rings (SSSR count). The monoisotopic (exact) mass is 275 g/mol. The molecule has 1 atom stereocenters. The molecule has 1 unspecified atom stereocenters. The average Bonchev–Trinajstić information content (AvgIpc) is 2.62. The van der Waals surface area contributed by atoms with Gasteiger partial charge in [0.25, 0.3) is 0 Å². The van der Waals surface area contributed by atoms with Crippen molar-refractivity contribution in [3.63, 3.8) is 0 Å². The normalized spacial score (nSPS) is 21.1. The smallest absolute Gasteiger partial charge is 0.145 e. The van der Waals surface area contributed by atoms with E-state index in [1.807, 2.05) is 6.07 Å². The van der Waals surface area contributed by atoms with E-state index in [0.29, 0.717) is 11.1 Å². The average molecular weight is 277 g/mol. The Kier molecular flexibility index (Phi) is 3.26. The van der Waals surface area contributed by atoms with Crippen LogP contribution in [-0.4, -0.2) is 24.1 Å². The van der Waals surface area contributed by atoms with Gasteiger partial charge in [-0.25, -0.2) is 4.98 Å². The lowest BCUT2D eigenvalue weighted by Gasteiger charge is -2.12. The Morgan fingerprint density at radius 2 is 2.50 bits per heavy atom. The third-order valence-electron chi connectivity index (χ3n) is 2.21. The van der Waals surface area contributed by atoms with Crippen LogP contribution in [0, 0.1) is 0 Å². The van der Waals surface area contributed by atoms with Crippen LogP contribution in [0.1, 0.15) is 6.42 Å². The van der Waals surface area contributed by atoms with E-state index in [9.17, 15) is 0 Å². The predicted octanol–water partition coefficient (Wildman–Crippen LogP) is 2.27. The Hall–Kier alpha value is -0.320. The summed E-state index contributed by atoms with van der Waals surface area (Å²) in [6.07, 6.45) is 2.87. The van der Waals surface area contributed by atoms with Crippen LogP contribution in [0.2, 0.25) is 5.02 Å². The number of hydrogen-bond donors (Lipinski definition) is 2. The fraction of sp³-hybridized carbons (Fsp3) is 0.444. The number of aromatic nitrogens is 1. The summed E-state index contributed by atoms with van der Waals surface area (Å²) in [6.45, 7) is 2.04. The second-order valence-corrected chi connectivity index (χ2v) is 4.64. The lowest BCUT2D eigenvalue weighted by molar-refractivity contribution is 0.788. The molecule has 0 amide bonds. The highest BCUT2D eigenvalue weighted by Gasteiger charge is 2.15. The fourth-order valence-corrected chi connectivity index (χ4v) is 2.18. The van der Waals surface area contributed by atoms with Crippen molar-refractivity contribution < 1.29 is 0 Å². The highest BCUT2D eigenvalue weighted by Crippen LogP contribution is 2.23. The Balaban J connectivity index is 2.08. The molecule has 0 spiro atoms. The quantitative estimate of drug-likeness (QED) is 0.870. The number of nitrogens with zero attached hydrogens (tertiary/aromatic N) is 1. The maximum absolute atomic E-state index is 6.03. The van der Waals surface area contributed by atoms with E-state index in [0.717, 1.165) is 29.8 Å². The molecule has 0 aliphatic carbocycles. The van der Waals surface area contributed by atoms with Gasteiger partial charge >= 0.3 is 0 Å². The summed E-state index contributed by atoms with van der Waals surface area (Å²) in [5, 5.41) is 7.25. The molecule has 2 heterocycles. The molecule has 1 aliphatic heterocycles. The van der Waals surface area contributed by atoms with Crippen molar-refractivity contribution >= 4 is 33.3 Å². The molecule has 5 heteroatoms. The third kappa shape index (κ3) is 2.38. The molecule has 14 heavy (non-hydrogen) atoms. The van der Waals surface area contributed by atoms with Crippen LogP contribution < -0.4 is 10.6 Å². The van der Waals surface area contributed by atoms with E-state index in [2.05, 4.69) is 31.5 Å². The zero-order valence-corrected chi connectivity index (χ0v) is 9.90. The molecule has 1 aromatic heterocycles. The van der Waals surface area contributed by atoms with Crippen molar-refractivity contribution in [1.82, 2.24) is 10.3 Å². The van der Waals surface area contributed by atoms with Gasteiger partial charge in [0.2, 0.25) is 0 Å². The third-order valence-corrected chi connectivity index (χ3v) is 2.93. The molecule has 0 radical (unpaired) electrons. The molecular formula is C9H11BrClN3. The first-order chi connectivity index (χ1) is 6.75. The highest BCUT2D eigenvalue weighted by atomic mass is 79.9. The van der Waals surface area contributed by atoms with Crippen molar-refractivity contribution in [1.29, 1.82) is 0 Å². The molecule has 1 fully saturated rings. The number of halogens is 2. The minimum Gasteiger partial charge on any atom is -0.365 e. The van der Waals surface area contributed by atoms with E-state index in [4.69, 9.17) is 11.6 Å². The second-order valence-electron chi connectivity index (χ2n) is 3.32. The van der Waals surface area contributed by atoms with Crippen molar-refractivity contribution in [2.75, 3.05) is 18.4 Å². The molecule has 0 aromatic carbocycles. The minimum atomic E-state index is 0.446. The Morgan fingerprint density at radius 3 is 3.14 bits per heavy atom. The summed E-state index contributed by atoms with van der Waals surface area (Å²) >= 11 is 9.35. The molecular weight excluding hydrogens is 265 g/mol. The number of anilines is 1. The van der Waals surface area contributed by atoms with Crippen LogP contribution in [0.3, 0.4) is 0 Å². The summed E-state index contributed by atoms with van der Waals surface area (Å²) in [5.74, 6) is 0.767. The van der Waals surface area contributed by atoms with Crippen molar-refractivity contribution in [3.05, 3.63) is 21.8 Å². The van der Waals surface area contributed by atoms with Gasteiger partial charge in [0, 0.05) is 23.3 Å². The first kappa shape index (κ1) is 10.2. The van der Waals surface area contributed by atoms with Gasteiger partial charge in [-0.1, -0.05) is 11.6 Å². The number of rotatable bonds is 2. The van der Waals surface area contributed by atoms with Gasteiger partial charge in [-0.2, -0.15) is 0 Å². The zero-order chi connectivity index (χ0) is 9.97. The number of nitrogens with one attached hydrogen (secondary N) is 2. The molecule has 0 saturated carbocycles. The van der Waals surface area contributed by atoms with E-state index in [1.165, 1.54) is 0 Å². The van der Waals surface area contributed by atoms with Gasteiger partial charge in [0.05, 0.1) is 5.02 Å². The van der Waals surface area contributed by atoms with Crippen LogP contribution in [0.25, 0.3) is 0 Å². The van der Waals surface area contributed by atoms with Gasteiger partial charge in [-0.3, -0.25) is 0 Å². The van der Waals surface area contributed by atoms with Crippen molar-refractivity contribution in [2.45, 2.75) is 12.5 Å². The summed E-state index contributed by atoms with van der Waals surface area (Å²) in [7, 11) is 0. The highest BCUT2D eigenvalue weighted by molar-refractivity contribution is 9.10. The topological polar surface area (TPSA) is 37.0 Å². The first-order valence-electron chi connectivity index (χ1n) is 4.54. The molecule has 1 saturated heterocycles. The second kappa shape index (κ2) is 4.47. The van der Waals surface area contributed by atoms with Gasteiger partial charge in [-0.15, -0.1) is 0 Å². The van der Waals surface area contributed by atoms with E-state index in [-0.39, 0.29) is 0 Å². The lowest BCUT2D eigenvalue weighted by Crippen LogP contribution is -2.22. The first-order valence-corrected chi connectivity index (χ1v) is 5.71. The Bertz CT molecular complexity index is 326. The number of pyridine rings is 1. The van der Waals surface area contributed by atoms with E-state index >= 15 is 0 Å². The predicted molar refractivity (Wildman–Crippen MR) is 61.8 cm³/mol. The minimum absolute atomic E-state index is 0.446. The van der Waals surface area contributed by atoms with Gasteiger partial charge in [0.1, 0.15) is 5.82 Å². The van der Waals surface area contributed by atoms with Crippen LogP contribution in [0.4, 0.5) is 5.82 Å². The number of hydrogen-bond acceptors (Lipinski definition) is 3. The molecule has 1 aliphatic rings. The molecule has 76 valence electrons. The van der Waals surface area contributed by atoms with Crippen LogP contribution in [0.15, 0.2) is 16.7 Å². The summed E-state index contributed by atoms with van der Waals surface area (Å²) in [4.78, 5) is 4.22. The van der Waals surface area contributed by atoms with Crippen molar-refractivity contribution in [2.24, 2.45) is 0 Å². The molecule has 3 nitrogen and oxygen atoms in total. The molecule has 1 aromatic rings. The SMILES string of the molecule is Clc1cc(Br)cnc1NC1CCNC1. The summed E-state index contributed by atoms with van der Waals surface area (Å²) in [5.41, 5.74) is 0. The lowest BCUT2D eigenvalue weighted by atomic mass is 10.2. The van der Waals surface area contributed by atoms with Crippen LogP contribution in [-0.2, 0) is 0 Å². The fourth-order valence-electron chi connectivity index (χ4n) is 1.49. The maximum Gasteiger partial charge on any atom is 0.145 e. The van der Waals surface area contributed by atoms with Gasteiger partial charge in [-0.05, 0) is 35.0 Å². The summed E-state index contributed by atoms with van der Waals surface area (Å²) < 4.78 is 0.901. The van der Waals surface area contributed by atoms with Crippen molar-refractivity contribution in [3.8, 4) is 0 Å². The summed E-state index contributed by atoms with van der Waals surface area (Å²) in [6, 6.07) is 2.29.